The van der Waals surface area contributed by atoms with Gasteiger partial charge in [-0.15, -0.1) is 0 Å². The maximum Gasteiger partial charge on any atom is 0.164 e. The molecule has 0 fully saturated rings. The Bertz CT molecular complexity index is 3340. The van der Waals surface area contributed by atoms with Crippen LogP contribution < -0.4 is 0 Å². The van der Waals surface area contributed by atoms with Gasteiger partial charge in [0.25, 0.3) is 0 Å². The highest BCUT2D eigenvalue weighted by Gasteiger charge is 2.38. The van der Waals surface area contributed by atoms with Crippen molar-refractivity contribution >= 4 is 21.9 Å². The van der Waals surface area contributed by atoms with Gasteiger partial charge in [0.2, 0.25) is 0 Å². The van der Waals surface area contributed by atoms with Gasteiger partial charge in [-0.2, -0.15) is 0 Å². The molecule has 0 atom stereocenters. The molecule has 4 heteroatoms. The maximum absolute atomic E-state index is 8.95. The van der Waals surface area contributed by atoms with Gasteiger partial charge in [0, 0.05) is 38.4 Å². The Labute approximate surface area is 316 Å². The Morgan fingerprint density at radius 2 is 1.12 bits per heavy atom. The van der Waals surface area contributed by atoms with Crippen LogP contribution in [0.1, 0.15) is 38.7 Å². The lowest BCUT2D eigenvalue weighted by Gasteiger charge is -2.24. The first-order chi connectivity index (χ1) is 29.7. The molecule has 246 valence electrons. The summed E-state index contributed by atoms with van der Waals surface area (Å²) in [4.78, 5) is 15.4. The molecule has 0 spiro atoms. The molecule has 9 aromatic rings. The molecule has 2 aromatic heterocycles. The number of aromatic nitrogens is 3. The fourth-order valence-corrected chi connectivity index (χ4v) is 7.59. The Morgan fingerprint density at radius 3 is 1.90 bits per heavy atom. The molecule has 0 amide bonds. The van der Waals surface area contributed by atoms with E-state index >= 15 is 0 Å². The number of fused-ring (bicyclic) bond motifs is 6. The third kappa shape index (κ3) is 4.72. The summed E-state index contributed by atoms with van der Waals surface area (Å²) < 4.78 is 92.8. The number of benzene rings is 7. The normalized spacial score (nSPS) is 15.7. The SMILES string of the molecule is [2H]c1c([2H])c([2H])c(-c2cc(-c3c([2H])c([2H])c([2H])c([2H])c3[2H])c3oc4cccc(-c5nc(-c6ccccc6)nc(-c6cccc7c6C(C)(C)c6ccccc6-7)n5)c4c3c2)c([2H])c1[2H]. The van der Waals surface area contributed by atoms with Crippen molar-refractivity contribution in [3.8, 4) is 67.5 Å². The van der Waals surface area contributed by atoms with Crippen LogP contribution >= 0.6 is 0 Å². The van der Waals surface area contributed by atoms with Gasteiger partial charge in [-0.3, -0.25) is 0 Å². The fraction of sp³-hybridized carbons (Fsp3) is 0.0625. The molecule has 0 saturated heterocycles. The van der Waals surface area contributed by atoms with Crippen LogP contribution in [-0.4, -0.2) is 15.0 Å². The molecule has 0 aliphatic heterocycles. The average molecular weight is 678 g/mol. The highest BCUT2D eigenvalue weighted by molar-refractivity contribution is 6.16. The summed E-state index contributed by atoms with van der Waals surface area (Å²) in [6, 6.07) is 27.2. The Morgan fingerprint density at radius 1 is 0.500 bits per heavy atom. The van der Waals surface area contributed by atoms with Gasteiger partial charge in [-0.1, -0.05) is 159 Å². The van der Waals surface area contributed by atoms with Crippen molar-refractivity contribution in [3.63, 3.8) is 0 Å². The molecule has 2 heterocycles. The van der Waals surface area contributed by atoms with Gasteiger partial charge in [0.1, 0.15) is 11.2 Å². The highest BCUT2D eigenvalue weighted by atomic mass is 16.3. The smallest absolute Gasteiger partial charge is 0.164 e. The van der Waals surface area contributed by atoms with Crippen molar-refractivity contribution in [2.24, 2.45) is 0 Å². The number of furan rings is 1. The summed E-state index contributed by atoms with van der Waals surface area (Å²) in [5.41, 5.74) is 6.65. The third-order valence-corrected chi connectivity index (χ3v) is 9.88. The predicted octanol–water partition coefficient (Wildman–Crippen LogP) is 12.4. The fourth-order valence-electron chi connectivity index (χ4n) is 7.59. The van der Waals surface area contributed by atoms with E-state index in [1.165, 1.54) is 11.6 Å². The molecule has 0 bridgehead atoms. The van der Waals surface area contributed by atoms with Crippen LogP contribution in [0.25, 0.3) is 89.5 Å². The van der Waals surface area contributed by atoms with E-state index in [-0.39, 0.29) is 33.3 Å². The first-order valence-electron chi connectivity index (χ1n) is 21.9. The predicted molar refractivity (Wildman–Crippen MR) is 212 cm³/mol. The Balaban J connectivity index is 1.31. The second kappa shape index (κ2) is 11.7. The summed E-state index contributed by atoms with van der Waals surface area (Å²) in [5.74, 6) is 1.16. The van der Waals surface area contributed by atoms with Gasteiger partial charge in [0.15, 0.2) is 17.5 Å². The van der Waals surface area contributed by atoms with Crippen molar-refractivity contribution in [1.82, 2.24) is 15.0 Å². The van der Waals surface area contributed by atoms with E-state index in [0.717, 1.165) is 27.8 Å². The minimum absolute atomic E-state index is 0.0754. The number of rotatable bonds is 5. The van der Waals surface area contributed by atoms with Crippen molar-refractivity contribution in [3.05, 3.63) is 175 Å². The zero-order chi connectivity index (χ0) is 43.5. The third-order valence-electron chi connectivity index (χ3n) is 9.88. The van der Waals surface area contributed by atoms with Crippen LogP contribution in [0.15, 0.2) is 168 Å². The molecule has 0 saturated carbocycles. The van der Waals surface area contributed by atoms with E-state index in [2.05, 4.69) is 32.0 Å². The lowest BCUT2D eigenvalue weighted by Crippen LogP contribution is -2.17. The molecule has 52 heavy (non-hydrogen) atoms. The zero-order valence-electron chi connectivity index (χ0n) is 38.1. The lowest BCUT2D eigenvalue weighted by atomic mass is 9.80. The van der Waals surface area contributed by atoms with E-state index in [4.69, 9.17) is 33.1 Å². The molecule has 1 aliphatic rings. The lowest BCUT2D eigenvalue weighted by molar-refractivity contribution is 0.661. The van der Waals surface area contributed by atoms with Crippen molar-refractivity contribution < 1.29 is 18.1 Å². The molecule has 0 unspecified atom stereocenters. The van der Waals surface area contributed by atoms with Gasteiger partial charge >= 0.3 is 0 Å². The van der Waals surface area contributed by atoms with E-state index in [0.29, 0.717) is 39.4 Å². The Kier molecular flexibility index (Phi) is 4.85. The second-order valence-electron chi connectivity index (χ2n) is 13.3. The van der Waals surface area contributed by atoms with Crippen LogP contribution in [0.2, 0.25) is 0 Å². The number of hydrogen-bond acceptors (Lipinski definition) is 4. The van der Waals surface area contributed by atoms with E-state index < -0.39 is 60.4 Å². The van der Waals surface area contributed by atoms with E-state index in [1.807, 2.05) is 60.7 Å². The number of nitrogens with zero attached hydrogens (tertiary/aromatic N) is 3. The van der Waals surface area contributed by atoms with Gasteiger partial charge in [-0.05, 0) is 57.1 Å². The monoisotopic (exact) mass is 677 g/mol. The molecule has 7 aromatic carbocycles. The topological polar surface area (TPSA) is 51.8 Å². The van der Waals surface area contributed by atoms with Crippen molar-refractivity contribution in [1.29, 1.82) is 0 Å². The first kappa shape index (κ1) is 21.5. The summed E-state index contributed by atoms with van der Waals surface area (Å²) >= 11 is 0. The number of hydrogen-bond donors (Lipinski definition) is 0. The molecule has 1 aliphatic carbocycles. The summed E-state index contributed by atoms with van der Waals surface area (Å²) in [7, 11) is 0. The van der Waals surface area contributed by atoms with E-state index in [1.54, 1.807) is 18.2 Å². The molecule has 0 N–H and O–H groups in total. The molecule has 0 radical (unpaired) electrons. The van der Waals surface area contributed by atoms with Gasteiger partial charge in [0.05, 0.1) is 13.7 Å². The van der Waals surface area contributed by atoms with Gasteiger partial charge in [-0.25, -0.2) is 15.0 Å². The van der Waals surface area contributed by atoms with Crippen LogP contribution in [0.3, 0.4) is 0 Å². The first-order valence-corrected chi connectivity index (χ1v) is 16.9. The highest BCUT2D eigenvalue weighted by Crippen LogP contribution is 2.52. The molecule has 10 rings (SSSR count). The average Bonchev–Trinajstić information content (AvgIpc) is 3.78. The maximum atomic E-state index is 8.95. The van der Waals surface area contributed by atoms with Crippen LogP contribution in [0.5, 0.6) is 0 Å². The minimum Gasteiger partial charge on any atom is -0.455 e. The van der Waals surface area contributed by atoms with E-state index in [9.17, 15) is 0 Å². The zero-order valence-corrected chi connectivity index (χ0v) is 28.1. The second-order valence-corrected chi connectivity index (χ2v) is 13.3. The summed E-state index contributed by atoms with van der Waals surface area (Å²) in [5, 5.41) is 0.870. The molecular weight excluding hydrogens is 635 g/mol. The molecule has 4 nitrogen and oxygen atoms in total. The standard InChI is InChI=1S/C48H33N3O/c1-48(2)40-26-13-12-22-34(40)35-23-14-25-37(43(35)48)47-50-45(32-20-10-5-11-21-32)49-46(51-47)36-24-15-27-41-42(36)39-29-33(30-16-6-3-7-17-30)28-38(44(39)52-41)31-18-8-4-9-19-31/h3-29H,1-2H3/i3D,4D,6D,7D,8D,9D,16D,17D,18D,19D. The Hall–Kier alpha value is -6.65. The largest absolute Gasteiger partial charge is 0.455 e. The van der Waals surface area contributed by atoms with Gasteiger partial charge < -0.3 is 4.42 Å². The van der Waals surface area contributed by atoms with Crippen LogP contribution in [0, 0.1) is 0 Å². The molecular formula is C48H33N3O. The van der Waals surface area contributed by atoms with Crippen LogP contribution in [0.4, 0.5) is 0 Å². The minimum atomic E-state index is -0.579. The summed E-state index contributed by atoms with van der Waals surface area (Å²) in [6.07, 6.45) is 0. The van der Waals surface area contributed by atoms with Crippen molar-refractivity contribution in [2.75, 3.05) is 0 Å². The summed E-state index contributed by atoms with van der Waals surface area (Å²) in [6.45, 7) is 4.39. The van der Waals surface area contributed by atoms with Crippen molar-refractivity contribution in [2.45, 2.75) is 19.3 Å². The van der Waals surface area contributed by atoms with Crippen LogP contribution in [-0.2, 0) is 5.41 Å². The quantitative estimate of drug-likeness (QED) is 0.182.